The van der Waals surface area contributed by atoms with Crippen molar-refractivity contribution in [2.45, 2.75) is 25.4 Å². The maximum absolute atomic E-state index is 12.2. The van der Waals surface area contributed by atoms with Crippen molar-refractivity contribution < 1.29 is 4.79 Å². The molecular weight excluding hydrogens is 310 g/mol. The molecule has 1 fully saturated rings. The number of hydrogen-bond acceptors (Lipinski definition) is 4. The molecule has 7 heteroatoms. The van der Waals surface area contributed by atoms with Crippen molar-refractivity contribution in [2.24, 2.45) is 5.92 Å². The molecule has 2 aromatic heterocycles. The maximum Gasteiger partial charge on any atom is 0.320 e. The number of nitrogens with zero attached hydrogens (tertiary/aromatic N) is 3. The molecule has 1 aliphatic carbocycles. The third-order valence-electron chi connectivity index (χ3n) is 4.04. The quantitative estimate of drug-likeness (QED) is 0.819. The molecule has 0 radical (unpaired) electrons. The van der Waals surface area contributed by atoms with Gasteiger partial charge in [0.25, 0.3) is 0 Å². The molecule has 1 saturated carbocycles. The van der Waals surface area contributed by atoms with Crippen molar-refractivity contribution in [3.8, 4) is 0 Å². The second kappa shape index (κ2) is 7.14. The van der Waals surface area contributed by atoms with Crippen LogP contribution in [0.3, 0.4) is 0 Å². The number of likely N-dealkylation sites (N-methyl/N-ethyl adjacent to an activating group) is 1. The fourth-order valence-electron chi connectivity index (χ4n) is 2.50. The molecule has 2 amide bonds. The zero-order valence-corrected chi connectivity index (χ0v) is 14.3. The third-order valence-corrected chi connectivity index (χ3v) is 5.01. The number of aromatic nitrogens is 2. The number of carbonyl (C=O) groups is 1. The average Bonchev–Trinajstić information content (AvgIpc) is 2.97. The lowest BCUT2D eigenvalue weighted by atomic mass is 10.2. The first kappa shape index (κ1) is 16.0. The van der Waals surface area contributed by atoms with Crippen LogP contribution >= 0.6 is 11.3 Å². The predicted molar refractivity (Wildman–Crippen MR) is 92.7 cm³/mol. The van der Waals surface area contributed by atoms with Gasteiger partial charge in [-0.3, -0.25) is 5.32 Å². The van der Waals surface area contributed by atoms with Crippen molar-refractivity contribution in [3.63, 3.8) is 0 Å². The molecule has 2 heterocycles. The van der Waals surface area contributed by atoms with Gasteiger partial charge in [0.05, 0.1) is 12.2 Å². The molecule has 2 aromatic rings. The van der Waals surface area contributed by atoms with Crippen molar-refractivity contribution in [2.75, 3.05) is 26.0 Å². The molecule has 2 N–H and O–H groups in total. The van der Waals surface area contributed by atoms with Gasteiger partial charge >= 0.3 is 6.03 Å². The van der Waals surface area contributed by atoms with Gasteiger partial charge in [-0.25, -0.2) is 9.48 Å². The zero-order chi connectivity index (χ0) is 16.2. The molecule has 0 saturated heterocycles. The number of nitrogens with one attached hydrogen (secondary N) is 2. The lowest BCUT2D eigenvalue weighted by Crippen LogP contribution is -2.37. The van der Waals surface area contributed by atoms with Crippen LogP contribution in [0.4, 0.5) is 10.6 Å². The Bertz CT molecular complexity index is 633. The summed E-state index contributed by atoms with van der Waals surface area (Å²) < 4.78 is 1.87. The predicted octanol–water partition coefficient (Wildman–Crippen LogP) is 2.78. The van der Waals surface area contributed by atoms with Crippen LogP contribution in [0.5, 0.6) is 0 Å². The van der Waals surface area contributed by atoms with Gasteiger partial charge in [0.2, 0.25) is 0 Å². The highest BCUT2D eigenvalue weighted by Crippen LogP contribution is 2.31. The summed E-state index contributed by atoms with van der Waals surface area (Å²) in [5, 5.41) is 12.2. The Balaban J connectivity index is 1.53. The van der Waals surface area contributed by atoms with Gasteiger partial charge in [-0.1, -0.05) is 6.07 Å². The van der Waals surface area contributed by atoms with Gasteiger partial charge in [-0.2, -0.15) is 5.10 Å². The molecule has 0 spiro atoms. The van der Waals surface area contributed by atoms with E-state index in [1.165, 1.54) is 17.7 Å². The molecule has 6 nitrogen and oxygen atoms in total. The highest BCUT2D eigenvalue weighted by molar-refractivity contribution is 7.10. The molecule has 124 valence electrons. The summed E-state index contributed by atoms with van der Waals surface area (Å²) >= 11 is 1.71. The number of rotatable bonds is 7. The Morgan fingerprint density at radius 2 is 2.30 bits per heavy atom. The van der Waals surface area contributed by atoms with Crippen molar-refractivity contribution in [1.82, 2.24) is 20.0 Å². The van der Waals surface area contributed by atoms with E-state index in [-0.39, 0.29) is 12.1 Å². The van der Waals surface area contributed by atoms with E-state index < -0.39 is 0 Å². The summed E-state index contributed by atoms with van der Waals surface area (Å²) in [4.78, 5) is 15.5. The number of urea groups is 1. The van der Waals surface area contributed by atoms with Gasteiger partial charge < -0.3 is 10.2 Å². The number of carbonyl (C=O) groups excluding carboxylic acids is 1. The Hall–Kier alpha value is -1.86. The number of amides is 2. The van der Waals surface area contributed by atoms with Crippen molar-refractivity contribution in [1.29, 1.82) is 0 Å². The highest BCUT2D eigenvalue weighted by atomic mass is 32.1. The van der Waals surface area contributed by atoms with Gasteiger partial charge in [0.1, 0.15) is 5.82 Å². The Kier molecular flexibility index (Phi) is 4.97. The van der Waals surface area contributed by atoms with E-state index in [2.05, 4.69) is 32.1 Å². The molecule has 0 aromatic carbocycles. The van der Waals surface area contributed by atoms with Crippen LogP contribution in [0.1, 0.15) is 23.8 Å². The molecule has 1 atom stereocenters. The van der Waals surface area contributed by atoms with Gasteiger partial charge in [0, 0.05) is 24.0 Å². The van der Waals surface area contributed by atoms with Crippen LogP contribution in [-0.4, -0.2) is 41.4 Å². The summed E-state index contributed by atoms with van der Waals surface area (Å²) in [5.74, 6) is 1.47. The summed E-state index contributed by atoms with van der Waals surface area (Å²) in [6.45, 7) is 1.45. The van der Waals surface area contributed by atoms with Gasteiger partial charge in [0.15, 0.2) is 0 Å². The van der Waals surface area contributed by atoms with E-state index in [4.69, 9.17) is 0 Å². The highest BCUT2D eigenvalue weighted by Gasteiger charge is 2.23. The fraction of sp³-hybridized carbons (Fsp3) is 0.500. The molecule has 23 heavy (non-hydrogen) atoms. The molecule has 3 rings (SSSR count). The normalized spacial score (nSPS) is 15.6. The van der Waals surface area contributed by atoms with E-state index in [1.807, 2.05) is 30.9 Å². The smallest absolute Gasteiger partial charge is 0.320 e. The molecular formula is C16H23N5OS. The number of hydrogen-bond donors (Lipinski definition) is 2. The summed E-state index contributed by atoms with van der Waals surface area (Å²) in [6.07, 6.45) is 4.25. The van der Waals surface area contributed by atoms with Crippen molar-refractivity contribution >= 4 is 23.2 Å². The van der Waals surface area contributed by atoms with Crippen LogP contribution < -0.4 is 10.6 Å². The minimum atomic E-state index is -0.189. The zero-order valence-electron chi connectivity index (χ0n) is 13.5. The monoisotopic (exact) mass is 333 g/mol. The second-order valence-corrected chi connectivity index (χ2v) is 7.15. The Morgan fingerprint density at radius 1 is 1.48 bits per heavy atom. The first-order valence-corrected chi connectivity index (χ1v) is 8.78. The number of thiophene rings is 1. The Labute approximate surface area is 140 Å². The standard InChI is InChI=1S/C16H23N5OS/c1-20(2)13(14-4-3-9-23-14)10-17-16(22)19-15-7-8-18-21(15)11-12-5-6-12/h3-4,7-9,12-13H,5-6,10-11H2,1-2H3,(H2,17,19,22)/t13-/m0/s1. The third kappa shape index (κ3) is 4.33. The van der Waals surface area contributed by atoms with Crippen LogP contribution in [0.15, 0.2) is 29.8 Å². The first-order valence-electron chi connectivity index (χ1n) is 7.90. The SMILES string of the molecule is CN(C)[C@@H](CNC(=O)Nc1ccnn1CC1CC1)c1cccs1. The maximum atomic E-state index is 12.2. The van der Waals surface area contributed by atoms with Crippen LogP contribution in [-0.2, 0) is 6.54 Å². The summed E-state index contributed by atoms with van der Waals surface area (Å²) in [7, 11) is 4.05. The topological polar surface area (TPSA) is 62.2 Å². The lowest BCUT2D eigenvalue weighted by molar-refractivity contribution is 0.243. The summed E-state index contributed by atoms with van der Waals surface area (Å²) in [5.41, 5.74) is 0. The first-order chi connectivity index (χ1) is 11.1. The van der Waals surface area contributed by atoms with Crippen molar-refractivity contribution in [3.05, 3.63) is 34.7 Å². The van der Waals surface area contributed by atoms with Gasteiger partial charge in [-0.15, -0.1) is 11.3 Å². The van der Waals surface area contributed by atoms with Crippen LogP contribution in [0.25, 0.3) is 0 Å². The minimum absolute atomic E-state index is 0.178. The summed E-state index contributed by atoms with van der Waals surface area (Å²) in [6, 6.07) is 5.96. The van der Waals surface area contributed by atoms with Crippen LogP contribution in [0.2, 0.25) is 0 Å². The minimum Gasteiger partial charge on any atom is -0.336 e. The molecule has 1 aliphatic rings. The largest absolute Gasteiger partial charge is 0.336 e. The van der Waals surface area contributed by atoms with Gasteiger partial charge in [-0.05, 0) is 44.3 Å². The Morgan fingerprint density at radius 3 is 2.96 bits per heavy atom. The second-order valence-electron chi connectivity index (χ2n) is 6.17. The molecule has 0 aliphatic heterocycles. The molecule has 0 unspecified atom stereocenters. The number of anilines is 1. The van der Waals surface area contributed by atoms with E-state index in [1.54, 1.807) is 17.5 Å². The van der Waals surface area contributed by atoms with E-state index >= 15 is 0 Å². The van der Waals surface area contributed by atoms with E-state index in [0.29, 0.717) is 6.54 Å². The molecule has 0 bridgehead atoms. The van der Waals surface area contributed by atoms with Crippen LogP contribution in [0, 0.1) is 5.92 Å². The van der Waals surface area contributed by atoms with E-state index in [0.717, 1.165) is 18.3 Å². The fourth-order valence-corrected chi connectivity index (χ4v) is 3.42. The average molecular weight is 333 g/mol. The lowest BCUT2D eigenvalue weighted by Gasteiger charge is -2.23. The van der Waals surface area contributed by atoms with E-state index in [9.17, 15) is 4.79 Å².